The van der Waals surface area contributed by atoms with E-state index in [0.717, 1.165) is 18.5 Å². The number of nitrogens with zero attached hydrogens (tertiary/aromatic N) is 2. The molecule has 2 aromatic rings. The molecule has 0 bridgehead atoms. The quantitative estimate of drug-likeness (QED) is 0.408. The van der Waals surface area contributed by atoms with Crippen LogP contribution < -0.4 is 10.6 Å². The van der Waals surface area contributed by atoms with Crippen molar-refractivity contribution in [3.63, 3.8) is 0 Å². The van der Waals surface area contributed by atoms with E-state index in [1.54, 1.807) is 11.4 Å². The molecule has 0 atom stereocenters. The molecule has 1 aliphatic carbocycles. The highest BCUT2D eigenvalue weighted by Crippen LogP contribution is 2.39. The molecule has 1 aliphatic rings. The Morgan fingerprint density at radius 3 is 3.04 bits per heavy atom. The highest BCUT2D eigenvalue weighted by Gasteiger charge is 2.26. The number of hydrogen-bond donors (Lipinski definition) is 3. The normalized spacial score (nSPS) is 14.4. The summed E-state index contributed by atoms with van der Waals surface area (Å²) in [5.41, 5.74) is 1.69. The maximum absolute atomic E-state index is 12.4. The summed E-state index contributed by atoms with van der Waals surface area (Å²) in [6, 6.07) is 3.48. The molecule has 8 nitrogen and oxygen atoms in total. The van der Waals surface area contributed by atoms with E-state index in [1.807, 2.05) is 6.07 Å². The zero-order valence-corrected chi connectivity index (χ0v) is 13.1. The summed E-state index contributed by atoms with van der Waals surface area (Å²) in [7, 11) is 1.37. The number of aromatic nitrogens is 2. The molecule has 120 valence electrons. The van der Waals surface area contributed by atoms with E-state index in [0.29, 0.717) is 28.7 Å². The Labute approximate surface area is 135 Å². The van der Waals surface area contributed by atoms with Gasteiger partial charge >= 0.3 is 0 Å². The van der Waals surface area contributed by atoms with Gasteiger partial charge in [-0.3, -0.25) is 14.7 Å². The second kappa shape index (κ2) is 6.61. The Morgan fingerprint density at radius 2 is 2.35 bits per heavy atom. The maximum Gasteiger partial charge on any atom is 0.279 e. The van der Waals surface area contributed by atoms with Crippen molar-refractivity contribution < 1.29 is 14.4 Å². The van der Waals surface area contributed by atoms with Crippen molar-refractivity contribution in [1.29, 1.82) is 0 Å². The highest BCUT2D eigenvalue weighted by atomic mass is 32.1. The number of carbonyl (C=O) groups excluding carboxylic acids is 2. The number of rotatable bonds is 7. The summed E-state index contributed by atoms with van der Waals surface area (Å²) >= 11 is 1.29. The predicted octanol–water partition coefficient (Wildman–Crippen LogP) is 1.91. The number of nitrogens with one attached hydrogen (secondary N) is 3. The number of thiophene rings is 1. The zero-order chi connectivity index (χ0) is 16.2. The molecule has 2 heterocycles. The van der Waals surface area contributed by atoms with Crippen molar-refractivity contribution in [3.8, 4) is 0 Å². The molecule has 2 aromatic heterocycles. The average molecular weight is 333 g/mol. The fourth-order valence-electron chi connectivity index (χ4n) is 2.09. The van der Waals surface area contributed by atoms with Crippen LogP contribution in [0, 0.1) is 0 Å². The Morgan fingerprint density at radius 1 is 1.52 bits per heavy atom. The molecular formula is C14H15N5O3S. The molecule has 1 fully saturated rings. The second-order valence-corrected chi connectivity index (χ2v) is 5.93. The van der Waals surface area contributed by atoms with Crippen molar-refractivity contribution >= 4 is 40.2 Å². The van der Waals surface area contributed by atoms with Crippen LogP contribution in [-0.4, -0.2) is 35.3 Å². The SMILES string of the molecule is CON=C(C(=O)Nc1cc(C2CC2)[nH]n1)c1csc(NC=O)c1. The van der Waals surface area contributed by atoms with Gasteiger partial charge in [0.15, 0.2) is 11.5 Å². The van der Waals surface area contributed by atoms with Crippen LogP contribution in [0.4, 0.5) is 10.8 Å². The number of oxime groups is 1. The monoisotopic (exact) mass is 333 g/mol. The molecule has 0 spiro atoms. The van der Waals surface area contributed by atoms with Crippen LogP contribution in [-0.2, 0) is 14.4 Å². The first kappa shape index (κ1) is 15.2. The second-order valence-electron chi connectivity index (χ2n) is 5.02. The lowest BCUT2D eigenvalue weighted by Crippen LogP contribution is -2.24. The summed E-state index contributed by atoms with van der Waals surface area (Å²) < 4.78 is 0. The molecule has 2 amide bonds. The van der Waals surface area contributed by atoms with Crippen LogP contribution in [0.15, 0.2) is 22.7 Å². The van der Waals surface area contributed by atoms with Gasteiger partial charge in [0, 0.05) is 28.6 Å². The van der Waals surface area contributed by atoms with Crippen LogP contribution in [0.5, 0.6) is 0 Å². The Balaban J connectivity index is 1.74. The summed E-state index contributed by atoms with van der Waals surface area (Å²) in [6.45, 7) is 0. The third kappa shape index (κ3) is 3.57. The molecule has 0 radical (unpaired) electrons. The van der Waals surface area contributed by atoms with E-state index in [9.17, 15) is 9.59 Å². The summed E-state index contributed by atoms with van der Waals surface area (Å²) in [5.74, 6) is 0.535. The number of aromatic amines is 1. The highest BCUT2D eigenvalue weighted by molar-refractivity contribution is 7.14. The minimum Gasteiger partial charge on any atom is -0.398 e. The van der Waals surface area contributed by atoms with E-state index in [2.05, 4.69) is 26.0 Å². The first-order valence-corrected chi connectivity index (χ1v) is 7.86. The van der Waals surface area contributed by atoms with Gasteiger partial charge < -0.3 is 15.5 Å². The van der Waals surface area contributed by atoms with Gasteiger partial charge in [-0.25, -0.2) is 0 Å². The number of carbonyl (C=O) groups is 2. The van der Waals surface area contributed by atoms with E-state index in [-0.39, 0.29) is 5.71 Å². The summed E-state index contributed by atoms with van der Waals surface area (Å²) in [5, 5.41) is 18.3. The number of anilines is 2. The Hall–Kier alpha value is -2.68. The standard InChI is InChI=1S/C14H15N5O3S/c1-22-19-13(9-4-12(15-7-20)23-6-9)14(21)16-11-5-10(17-18-11)8-2-3-8/h4-8H,2-3H2,1H3,(H,15,20)(H2,16,17,18,21). The lowest BCUT2D eigenvalue weighted by Gasteiger charge is -2.03. The van der Waals surface area contributed by atoms with Gasteiger partial charge in [0.1, 0.15) is 7.11 Å². The first-order chi connectivity index (χ1) is 11.2. The molecule has 0 saturated heterocycles. The van der Waals surface area contributed by atoms with E-state index >= 15 is 0 Å². The van der Waals surface area contributed by atoms with E-state index < -0.39 is 5.91 Å². The average Bonchev–Trinajstić information content (AvgIpc) is 3.11. The van der Waals surface area contributed by atoms with Crippen molar-refractivity contribution in [3.05, 3.63) is 28.8 Å². The number of amides is 2. The topological polar surface area (TPSA) is 108 Å². The third-order valence-electron chi connectivity index (χ3n) is 3.33. The summed E-state index contributed by atoms with van der Waals surface area (Å²) in [4.78, 5) is 27.6. The van der Waals surface area contributed by atoms with Gasteiger partial charge in [-0.05, 0) is 18.9 Å². The fraction of sp³-hybridized carbons (Fsp3) is 0.286. The van der Waals surface area contributed by atoms with E-state index in [4.69, 9.17) is 4.84 Å². The van der Waals surface area contributed by atoms with Crippen molar-refractivity contribution in [2.75, 3.05) is 17.7 Å². The molecule has 0 aliphatic heterocycles. The molecule has 0 unspecified atom stereocenters. The maximum atomic E-state index is 12.4. The predicted molar refractivity (Wildman–Crippen MR) is 86.7 cm³/mol. The minimum atomic E-state index is -0.434. The van der Waals surface area contributed by atoms with E-state index in [1.165, 1.54) is 18.4 Å². The lowest BCUT2D eigenvalue weighted by molar-refractivity contribution is -0.110. The van der Waals surface area contributed by atoms with Gasteiger partial charge in [-0.2, -0.15) is 5.10 Å². The molecule has 23 heavy (non-hydrogen) atoms. The molecule has 9 heteroatoms. The van der Waals surface area contributed by atoms with Crippen LogP contribution in [0.25, 0.3) is 0 Å². The zero-order valence-electron chi connectivity index (χ0n) is 12.3. The molecule has 0 aromatic carbocycles. The van der Waals surface area contributed by atoms with Gasteiger partial charge in [0.2, 0.25) is 6.41 Å². The van der Waals surface area contributed by atoms with Crippen molar-refractivity contribution in [1.82, 2.24) is 10.2 Å². The smallest absolute Gasteiger partial charge is 0.279 e. The van der Waals surface area contributed by atoms with Gasteiger partial charge in [-0.1, -0.05) is 5.16 Å². The lowest BCUT2D eigenvalue weighted by atomic mass is 10.2. The van der Waals surface area contributed by atoms with Gasteiger partial charge in [-0.15, -0.1) is 11.3 Å². The number of H-pyrrole nitrogens is 1. The largest absolute Gasteiger partial charge is 0.398 e. The fourth-order valence-corrected chi connectivity index (χ4v) is 2.84. The molecule has 1 saturated carbocycles. The molecule has 3 rings (SSSR count). The summed E-state index contributed by atoms with van der Waals surface area (Å²) in [6.07, 6.45) is 2.87. The molecule has 3 N–H and O–H groups in total. The van der Waals surface area contributed by atoms with Crippen LogP contribution in [0.3, 0.4) is 0 Å². The van der Waals surface area contributed by atoms with Crippen LogP contribution in [0.1, 0.15) is 30.0 Å². The van der Waals surface area contributed by atoms with Crippen LogP contribution >= 0.6 is 11.3 Å². The van der Waals surface area contributed by atoms with Crippen LogP contribution in [0.2, 0.25) is 0 Å². The first-order valence-electron chi connectivity index (χ1n) is 6.98. The van der Waals surface area contributed by atoms with Crippen molar-refractivity contribution in [2.45, 2.75) is 18.8 Å². The Bertz CT molecular complexity index is 747. The Kier molecular flexibility index (Phi) is 4.38. The minimum absolute atomic E-state index is 0.110. The van der Waals surface area contributed by atoms with Gasteiger partial charge in [0.25, 0.3) is 5.91 Å². The molecular weight excluding hydrogens is 318 g/mol. The van der Waals surface area contributed by atoms with Gasteiger partial charge in [0.05, 0.1) is 5.00 Å². The number of hydrogen-bond acceptors (Lipinski definition) is 6. The third-order valence-corrected chi connectivity index (χ3v) is 4.19. The van der Waals surface area contributed by atoms with Crippen molar-refractivity contribution in [2.24, 2.45) is 5.16 Å².